The van der Waals surface area contributed by atoms with Gasteiger partial charge in [-0.1, -0.05) is 41.5 Å². The van der Waals surface area contributed by atoms with E-state index in [0.29, 0.717) is 5.41 Å². The van der Waals surface area contributed by atoms with Crippen LogP contribution in [0.4, 0.5) is 0 Å². The van der Waals surface area contributed by atoms with Crippen LogP contribution in [0.3, 0.4) is 0 Å². The molecule has 0 spiro atoms. The first-order valence-corrected chi connectivity index (χ1v) is 5.65. The standard InChI is InChI=1S/C12H28N2/c1-7-12(5,6)9-14-8-10(13)11(2,3)4/h10,14H,7-9,13H2,1-6H3. The monoisotopic (exact) mass is 200 g/mol. The van der Waals surface area contributed by atoms with Gasteiger partial charge in [-0.2, -0.15) is 0 Å². The Balaban J connectivity index is 3.75. The molecule has 2 nitrogen and oxygen atoms in total. The maximum Gasteiger partial charge on any atom is 0.0214 e. The second-order valence-electron chi connectivity index (χ2n) is 6.12. The molecule has 1 atom stereocenters. The van der Waals surface area contributed by atoms with Gasteiger partial charge in [0.2, 0.25) is 0 Å². The summed E-state index contributed by atoms with van der Waals surface area (Å²) in [5.41, 5.74) is 6.64. The number of hydrogen-bond donors (Lipinski definition) is 2. The molecule has 1 unspecified atom stereocenters. The maximum atomic E-state index is 6.06. The lowest BCUT2D eigenvalue weighted by atomic mass is 9.86. The highest BCUT2D eigenvalue weighted by Gasteiger charge is 2.21. The average molecular weight is 200 g/mol. The minimum atomic E-state index is 0.198. The van der Waals surface area contributed by atoms with Crippen LogP contribution in [-0.2, 0) is 0 Å². The van der Waals surface area contributed by atoms with Gasteiger partial charge in [-0.15, -0.1) is 0 Å². The topological polar surface area (TPSA) is 38.0 Å². The minimum absolute atomic E-state index is 0.198. The summed E-state index contributed by atoms with van der Waals surface area (Å²) in [5.74, 6) is 0. The molecule has 0 radical (unpaired) electrons. The van der Waals surface area contributed by atoms with Crippen molar-refractivity contribution in [2.75, 3.05) is 13.1 Å². The minimum Gasteiger partial charge on any atom is -0.326 e. The van der Waals surface area contributed by atoms with Crippen molar-refractivity contribution in [1.29, 1.82) is 0 Å². The fourth-order valence-corrected chi connectivity index (χ4v) is 0.997. The van der Waals surface area contributed by atoms with Crippen LogP contribution in [0.25, 0.3) is 0 Å². The van der Waals surface area contributed by atoms with Gasteiger partial charge in [0.15, 0.2) is 0 Å². The summed E-state index contributed by atoms with van der Waals surface area (Å²) in [6.45, 7) is 15.3. The third kappa shape index (κ3) is 5.61. The molecule has 14 heavy (non-hydrogen) atoms. The van der Waals surface area contributed by atoms with E-state index in [2.05, 4.69) is 46.9 Å². The molecule has 0 aliphatic rings. The van der Waals surface area contributed by atoms with Crippen LogP contribution >= 0.6 is 0 Å². The first kappa shape index (κ1) is 13.9. The van der Waals surface area contributed by atoms with Crippen molar-refractivity contribution >= 4 is 0 Å². The van der Waals surface area contributed by atoms with Crippen LogP contribution in [0.5, 0.6) is 0 Å². The highest BCUT2D eigenvalue weighted by molar-refractivity contribution is 4.80. The first-order valence-electron chi connectivity index (χ1n) is 5.65. The molecule has 0 aliphatic carbocycles. The largest absolute Gasteiger partial charge is 0.326 e. The van der Waals surface area contributed by atoms with E-state index in [0.717, 1.165) is 13.1 Å². The first-order chi connectivity index (χ1) is 6.19. The lowest BCUT2D eigenvalue weighted by molar-refractivity contribution is 0.278. The maximum absolute atomic E-state index is 6.06. The van der Waals surface area contributed by atoms with Crippen molar-refractivity contribution in [3.63, 3.8) is 0 Å². The second-order valence-corrected chi connectivity index (χ2v) is 6.12. The molecule has 0 rings (SSSR count). The zero-order valence-corrected chi connectivity index (χ0v) is 10.8. The van der Waals surface area contributed by atoms with Crippen LogP contribution < -0.4 is 11.1 Å². The molecule has 0 aromatic heterocycles. The molecular formula is C12H28N2. The molecule has 0 saturated carbocycles. The summed E-state index contributed by atoms with van der Waals surface area (Å²) < 4.78 is 0. The Hall–Kier alpha value is -0.0800. The highest BCUT2D eigenvalue weighted by atomic mass is 14.9. The van der Waals surface area contributed by atoms with Crippen molar-refractivity contribution < 1.29 is 0 Å². The molecule has 0 heterocycles. The van der Waals surface area contributed by atoms with Crippen molar-refractivity contribution in [2.45, 2.75) is 54.0 Å². The molecule has 0 aromatic rings. The van der Waals surface area contributed by atoms with E-state index in [9.17, 15) is 0 Å². The van der Waals surface area contributed by atoms with Gasteiger partial charge in [0.05, 0.1) is 0 Å². The predicted molar refractivity (Wildman–Crippen MR) is 64.4 cm³/mol. The second kappa shape index (κ2) is 5.13. The van der Waals surface area contributed by atoms with Gasteiger partial charge in [-0.25, -0.2) is 0 Å². The number of rotatable bonds is 5. The van der Waals surface area contributed by atoms with Crippen LogP contribution in [-0.4, -0.2) is 19.1 Å². The lowest BCUT2D eigenvalue weighted by Gasteiger charge is -2.29. The van der Waals surface area contributed by atoms with Crippen LogP contribution in [0.15, 0.2) is 0 Å². The van der Waals surface area contributed by atoms with Crippen molar-refractivity contribution in [3.05, 3.63) is 0 Å². The normalized spacial score (nSPS) is 15.6. The molecule has 86 valence electrons. The van der Waals surface area contributed by atoms with Crippen molar-refractivity contribution in [1.82, 2.24) is 5.32 Å². The van der Waals surface area contributed by atoms with Gasteiger partial charge in [0.1, 0.15) is 0 Å². The molecule has 2 heteroatoms. The molecule has 0 bridgehead atoms. The van der Waals surface area contributed by atoms with Crippen molar-refractivity contribution in [3.8, 4) is 0 Å². The summed E-state index contributed by atoms with van der Waals surface area (Å²) in [4.78, 5) is 0. The summed E-state index contributed by atoms with van der Waals surface area (Å²) >= 11 is 0. The average Bonchev–Trinajstić information content (AvgIpc) is 2.02. The summed E-state index contributed by atoms with van der Waals surface area (Å²) in [6, 6.07) is 0.232. The van der Waals surface area contributed by atoms with Gasteiger partial charge < -0.3 is 11.1 Å². The van der Waals surface area contributed by atoms with Crippen LogP contribution in [0.1, 0.15) is 48.0 Å². The van der Waals surface area contributed by atoms with Crippen molar-refractivity contribution in [2.24, 2.45) is 16.6 Å². The third-order valence-corrected chi connectivity index (χ3v) is 3.04. The van der Waals surface area contributed by atoms with Gasteiger partial charge >= 0.3 is 0 Å². The van der Waals surface area contributed by atoms with Gasteiger partial charge in [-0.05, 0) is 17.3 Å². The Kier molecular flexibility index (Phi) is 5.10. The number of hydrogen-bond acceptors (Lipinski definition) is 2. The predicted octanol–water partition coefficient (Wildman–Crippen LogP) is 2.39. The van der Waals surface area contributed by atoms with E-state index in [-0.39, 0.29) is 11.5 Å². The summed E-state index contributed by atoms with van der Waals surface area (Å²) in [5, 5.41) is 3.46. The lowest BCUT2D eigenvalue weighted by Crippen LogP contribution is -2.45. The van der Waals surface area contributed by atoms with E-state index < -0.39 is 0 Å². The molecule has 3 N–H and O–H groups in total. The van der Waals surface area contributed by atoms with Gasteiger partial charge in [-0.3, -0.25) is 0 Å². The summed E-state index contributed by atoms with van der Waals surface area (Å²) in [7, 11) is 0. The Labute approximate surface area is 89.6 Å². The molecule has 0 aromatic carbocycles. The fourth-order valence-electron chi connectivity index (χ4n) is 0.997. The SMILES string of the molecule is CCC(C)(C)CNCC(N)C(C)(C)C. The van der Waals surface area contributed by atoms with E-state index in [1.165, 1.54) is 6.42 Å². The Morgan fingerprint density at radius 3 is 2.00 bits per heavy atom. The Morgan fingerprint density at radius 1 is 1.14 bits per heavy atom. The smallest absolute Gasteiger partial charge is 0.0214 e. The fraction of sp³-hybridized carbons (Fsp3) is 1.00. The summed E-state index contributed by atoms with van der Waals surface area (Å²) in [6.07, 6.45) is 1.20. The van der Waals surface area contributed by atoms with Gasteiger partial charge in [0, 0.05) is 19.1 Å². The molecular weight excluding hydrogens is 172 g/mol. The van der Waals surface area contributed by atoms with E-state index in [4.69, 9.17) is 5.73 Å². The van der Waals surface area contributed by atoms with E-state index >= 15 is 0 Å². The number of nitrogens with one attached hydrogen (secondary N) is 1. The third-order valence-electron chi connectivity index (χ3n) is 3.04. The number of nitrogens with two attached hydrogens (primary N) is 1. The highest BCUT2D eigenvalue weighted by Crippen LogP contribution is 2.19. The van der Waals surface area contributed by atoms with E-state index in [1.807, 2.05) is 0 Å². The van der Waals surface area contributed by atoms with Crippen LogP contribution in [0, 0.1) is 10.8 Å². The molecule has 0 aliphatic heterocycles. The zero-order chi connectivity index (χ0) is 11.4. The quantitative estimate of drug-likeness (QED) is 0.715. The van der Waals surface area contributed by atoms with Crippen LogP contribution in [0.2, 0.25) is 0 Å². The molecule has 0 amide bonds. The zero-order valence-electron chi connectivity index (χ0n) is 10.8. The van der Waals surface area contributed by atoms with E-state index in [1.54, 1.807) is 0 Å². The Bertz CT molecular complexity index is 156. The van der Waals surface area contributed by atoms with Gasteiger partial charge in [0.25, 0.3) is 0 Å². The Morgan fingerprint density at radius 2 is 1.64 bits per heavy atom. The molecule has 0 fully saturated rings. The molecule has 0 saturated heterocycles.